The summed E-state index contributed by atoms with van der Waals surface area (Å²) in [5, 5.41) is 8.53. The van der Waals surface area contributed by atoms with Crippen LogP contribution in [0.25, 0.3) is 17.2 Å². The third-order valence-corrected chi connectivity index (χ3v) is 4.43. The van der Waals surface area contributed by atoms with Crippen LogP contribution in [0, 0.1) is 6.92 Å². The van der Waals surface area contributed by atoms with Crippen LogP contribution >= 0.6 is 11.6 Å². The van der Waals surface area contributed by atoms with Crippen molar-refractivity contribution < 1.29 is 4.74 Å². The zero-order valence-electron chi connectivity index (χ0n) is 15.0. The van der Waals surface area contributed by atoms with E-state index in [0.717, 1.165) is 28.4 Å². The molecule has 0 bridgehead atoms. The fourth-order valence-corrected chi connectivity index (χ4v) is 3.05. The van der Waals surface area contributed by atoms with Crippen LogP contribution < -0.4 is 10.1 Å². The molecule has 0 atom stereocenters. The summed E-state index contributed by atoms with van der Waals surface area (Å²) in [4.78, 5) is 9.20. The third-order valence-electron chi connectivity index (χ3n) is 4.20. The van der Waals surface area contributed by atoms with Crippen LogP contribution in [0.2, 0.25) is 5.02 Å². The van der Waals surface area contributed by atoms with Gasteiger partial charge in [0.25, 0.3) is 5.78 Å². The van der Waals surface area contributed by atoms with Crippen LogP contribution in [0.5, 0.6) is 5.75 Å². The first-order valence-electron chi connectivity index (χ1n) is 8.50. The number of hydrogen-bond acceptors (Lipinski definition) is 5. The molecular formula is C20H18ClN5O. The number of anilines is 1. The van der Waals surface area contributed by atoms with Gasteiger partial charge >= 0.3 is 0 Å². The Kier molecular flexibility index (Phi) is 4.64. The van der Waals surface area contributed by atoms with Gasteiger partial charge in [-0.05, 0) is 31.2 Å². The molecule has 2 aromatic carbocycles. The summed E-state index contributed by atoms with van der Waals surface area (Å²) in [7, 11) is 1.63. The molecule has 0 saturated heterocycles. The van der Waals surface area contributed by atoms with Gasteiger partial charge in [0.05, 0.1) is 25.0 Å². The topological polar surface area (TPSA) is 64.3 Å². The lowest BCUT2D eigenvalue weighted by Gasteiger charge is -2.11. The van der Waals surface area contributed by atoms with Gasteiger partial charge in [0.15, 0.2) is 5.82 Å². The number of rotatable bonds is 5. The van der Waals surface area contributed by atoms with Crippen molar-refractivity contribution in [3.05, 3.63) is 71.0 Å². The number of aryl methyl sites for hydroxylation is 1. The minimum atomic E-state index is 0.515. The van der Waals surface area contributed by atoms with Gasteiger partial charge in [0, 0.05) is 16.3 Å². The average molecular weight is 380 g/mol. The Morgan fingerprint density at radius 1 is 1.07 bits per heavy atom. The van der Waals surface area contributed by atoms with E-state index in [1.807, 2.05) is 55.5 Å². The number of hydrogen-bond donors (Lipinski definition) is 1. The van der Waals surface area contributed by atoms with E-state index in [1.54, 1.807) is 17.7 Å². The SMILES string of the molecule is COc1ccc(Cl)cc1NCc1cc(C)n2nc(-c3ccccc3)nc2n1. The number of fused-ring (bicyclic) bond motifs is 1. The van der Waals surface area contributed by atoms with E-state index < -0.39 is 0 Å². The molecule has 136 valence electrons. The largest absolute Gasteiger partial charge is 0.495 e. The molecule has 4 rings (SSSR count). The fraction of sp³-hybridized carbons (Fsp3) is 0.150. The van der Waals surface area contributed by atoms with Gasteiger partial charge in [-0.2, -0.15) is 4.98 Å². The summed E-state index contributed by atoms with van der Waals surface area (Å²) >= 11 is 6.09. The second-order valence-electron chi connectivity index (χ2n) is 6.10. The predicted octanol–water partition coefficient (Wildman–Crippen LogP) is 4.37. The molecule has 0 saturated carbocycles. The molecule has 4 aromatic rings. The zero-order chi connectivity index (χ0) is 18.8. The maximum absolute atomic E-state index is 6.09. The molecule has 0 radical (unpaired) electrons. The van der Waals surface area contributed by atoms with E-state index in [4.69, 9.17) is 16.3 Å². The van der Waals surface area contributed by atoms with Gasteiger partial charge in [-0.15, -0.1) is 5.10 Å². The van der Waals surface area contributed by atoms with E-state index in [9.17, 15) is 0 Å². The smallest absolute Gasteiger partial charge is 0.253 e. The van der Waals surface area contributed by atoms with Crippen LogP contribution in [-0.2, 0) is 6.54 Å². The normalized spacial score (nSPS) is 10.9. The lowest BCUT2D eigenvalue weighted by Crippen LogP contribution is -2.06. The van der Waals surface area contributed by atoms with Crippen molar-refractivity contribution in [1.82, 2.24) is 19.6 Å². The molecule has 0 aliphatic carbocycles. The van der Waals surface area contributed by atoms with Gasteiger partial charge in [0.1, 0.15) is 5.75 Å². The van der Waals surface area contributed by atoms with E-state index >= 15 is 0 Å². The van der Waals surface area contributed by atoms with Crippen LogP contribution in [0.15, 0.2) is 54.6 Å². The van der Waals surface area contributed by atoms with E-state index in [-0.39, 0.29) is 0 Å². The van der Waals surface area contributed by atoms with Crippen LogP contribution in [0.4, 0.5) is 5.69 Å². The average Bonchev–Trinajstić information content (AvgIpc) is 3.12. The second-order valence-corrected chi connectivity index (χ2v) is 6.54. The molecular weight excluding hydrogens is 362 g/mol. The molecule has 0 aliphatic heterocycles. The molecule has 0 spiro atoms. The van der Waals surface area contributed by atoms with E-state index in [0.29, 0.717) is 23.2 Å². The Balaban J connectivity index is 1.63. The highest BCUT2D eigenvalue weighted by molar-refractivity contribution is 6.30. The van der Waals surface area contributed by atoms with Crippen LogP contribution in [0.3, 0.4) is 0 Å². The first-order chi connectivity index (χ1) is 13.1. The molecule has 0 aliphatic rings. The van der Waals surface area contributed by atoms with Crippen LogP contribution in [-0.4, -0.2) is 26.7 Å². The van der Waals surface area contributed by atoms with Crippen molar-refractivity contribution in [2.24, 2.45) is 0 Å². The quantitative estimate of drug-likeness (QED) is 0.557. The number of benzene rings is 2. The predicted molar refractivity (Wildman–Crippen MR) is 106 cm³/mol. The molecule has 27 heavy (non-hydrogen) atoms. The molecule has 7 heteroatoms. The van der Waals surface area contributed by atoms with Crippen molar-refractivity contribution in [3.8, 4) is 17.1 Å². The molecule has 2 aromatic heterocycles. The molecule has 1 N–H and O–H groups in total. The van der Waals surface area contributed by atoms with Crippen molar-refractivity contribution in [2.45, 2.75) is 13.5 Å². The highest BCUT2D eigenvalue weighted by Crippen LogP contribution is 2.28. The van der Waals surface area contributed by atoms with Gasteiger partial charge in [-0.1, -0.05) is 41.9 Å². The minimum Gasteiger partial charge on any atom is -0.495 e. The number of nitrogens with zero attached hydrogens (tertiary/aromatic N) is 4. The first-order valence-corrected chi connectivity index (χ1v) is 8.88. The minimum absolute atomic E-state index is 0.515. The fourth-order valence-electron chi connectivity index (χ4n) is 2.88. The van der Waals surface area contributed by atoms with Crippen molar-refractivity contribution in [1.29, 1.82) is 0 Å². The second kappa shape index (κ2) is 7.25. The highest BCUT2D eigenvalue weighted by atomic mass is 35.5. The number of halogens is 1. The molecule has 0 fully saturated rings. The third kappa shape index (κ3) is 3.57. The number of aromatic nitrogens is 4. The van der Waals surface area contributed by atoms with Crippen molar-refractivity contribution in [3.63, 3.8) is 0 Å². The van der Waals surface area contributed by atoms with Crippen molar-refractivity contribution >= 4 is 23.1 Å². The molecule has 0 unspecified atom stereocenters. The summed E-state index contributed by atoms with van der Waals surface area (Å²) in [6.07, 6.45) is 0. The van der Waals surface area contributed by atoms with E-state index in [1.165, 1.54) is 0 Å². The highest BCUT2D eigenvalue weighted by Gasteiger charge is 2.11. The maximum atomic E-state index is 6.09. The van der Waals surface area contributed by atoms with Crippen molar-refractivity contribution in [2.75, 3.05) is 12.4 Å². The van der Waals surface area contributed by atoms with Gasteiger partial charge in [0.2, 0.25) is 0 Å². The first kappa shape index (κ1) is 17.3. The summed E-state index contributed by atoms with van der Waals surface area (Å²) in [6.45, 7) is 2.50. The van der Waals surface area contributed by atoms with Crippen LogP contribution in [0.1, 0.15) is 11.4 Å². The number of nitrogens with one attached hydrogen (secondary N) is 1. The lowest BCUT2D eigenvalue weighted by atomic mass is 10.2. The van der Waals surface area contributed by atoms with Gasteiger partial charge < -0.3 is 10.1 Å². The Bertz CT molecular complexity index is 1090. The summed E-state index contributed by atoms with van der Waals surface area (Å²) in [5.74, 6) is 1.96. The Hall–Kier alpha value is -3.12. The molecule has 2 heterocycles. The monoisotopic (exact) mass is 379 g/mol. The number of ether oxygens (including phenoxy) is 1. The number of methoxy groups -OCH3 is 1. The maximum Gasteiger partial charge on any atom is 0.253 e. The Morgan fingerprint density at radius 3 is 2.67 bits per heavy atom. The zero-order valence-corrected chi connectivity index (χ0v) is 15.7. The molecule has 0 amide bonds. The summed E-state index contributed by atoms with van der Waals surface area (Å²) in [6, 6.07) is 17.3. The van der Waals surface area contributed by atoms with Gasteiger partial charge in [-0.3, -0.25) is 0 Å². The van der Waals surface area contributed by atoms with Gasteiger partial charge in [-0.25, -0.2) is 9.50 Å². The van der Waals surface area contributed by atoms with E-state index in [2.05, 4.69) is 20.4 Å². The Morgan fingerprint density at radius 2 is 1.89 bits per heavy atom. The summed E-state index contributed by atoms with van der Waals surface area (Å²) < 4.78 is 7.12. The lowest BCUT2D eigenvalue weighted by molar-refractivity contribution is 0.416. The standard InChI is InChI=1S/C20H18ClN5O/c1-13-10-16(12-22-17-11-15(21)8-9-18(17)27-2)23-20-24-19(25-26(13)20)14-6-4-3-5-7-14/h3-11,22H,12H2,1-2H3. The molecule has 6 nitrogen and oxygen atoms in total. The summed E-state index contributed by atoms with van der Waals surface area (Å²) in [5.41, 5.74) is 3.60. The Labute approximate surface area is 161 Å².